The molecule has 1 saturated heterocycles. The minimum absolute atomic E-state index is 0.0124. The molecule has 0 bridgehead atoms. The number of para-hydroxylation sites is 1. The highest BCUT2D eigenvalue weighted by Gasteiger charge is 2.54. The monoisotopic (exact) mass is 476 g/mol. The second kappa shape index (κ2) is 9.31. The van der Waals surface area contributed by atoms with E-state index in [-0.39, 0.29) is 30.0 Å². The van der Waals surface area contributed by atoms with Crippen molar-refractivity contribution in [2.24, 2.45) is 11.3 Å². The van der Waals surface area contributed by atoms with E-state index in [0.29, 0.717) is 6.42 Å². The van der Waals surface area contributed by atoms with Gasteiger partial charge in [-0.25, -0.2) is 0 Å². The standard InChI is InChI=1S/C26H31F3N2O3/c1-7-25(14-31(23(32)18(25)6)22-16(4)9-8-10-17(22)5)24(33)30-20-11-19(26(27,28)29)12-21(13-20)34-15(2)3/h8-13,15,18H,7,14H2,1-6H3,(H,30,33)/t18-,25+/m1/s1. The molecule has 34 heavy (non-hydrogen) atoms. The van der Waals surface area contributed by atoms with Crippen LogP contribution in [0.4, 0.5) is 24.5 Å². The SMILES string of the molecule is CC[C@]1(C(=O)Nc2cc(OC(C)C)cc(C(F)(F)F)c2)CN(c2c(C)cccc2C)C(=O)[C@H]1C. The maximum absolute atomic E-state index is 13.6. The Morgan fingerprint density at radius 3 is 2.35 bits per heavy atom. The number of aryl methyl sites for hydroxylation is 2. The van der Waals surface area contributed by atoms with Crippen molar-refractivity contribution in [2.75, 3.05) is 16.8 Å². The van der Waals surface area contributed by atoms with Crippen LogP contribution in [0.2, 0.25) is 0 Å². The summed E-state index contributed by atoms with van der Waals surface area (Å²) in [5.74, 6) is -1.30. The van der Waals surface area contributed by atoms with Crippen molar-refractivity contribution in [3.05, 3.63) is 53.1 Å². The van der Waals surface area contributed by atoms with Crippen molar-refractivity contribution in [1.29, 1.82) is 0 Å². The summed E-state index contributed by atoms with van der Waals surface area (Å²) in [6, 6.07) is 8.90. The third kappa shape index (κ3) is 4.76. The summed E-state index contributed by atoms with van der Waals surface area (Å²) < 4.78 is 45.9. The molecule has 2 aromatic carbocycles. The van der Waals surface area contributed by atoms with Crippen molar-refractivity contribution >= 4 is 23.2 Å². The predicted octanol–water partition coefficient (Wildman–Crippen LogP) is 6.13. The van der Waals surface area contributed by atoms with Crippen LogP contribution in [-0.4, -0.2) is 24.5 Å². The van der Waals surface area contributed by atoms with E-state index in [1.807, 2.05) is 39.0 Å². The molecule has 0 spiro atoms. The van der Waals surface area contributed by atoms with Gasteiger partial charge >= 0.3 is 6.18 Å². The molecule has 0 saturated carbocycles. The summed E-state index contributed by atoms with van der Waals surface area (Å²) in [5, 5.41) is 2.66. The van der Waals surface area contributed by atoms with Crippen molar-refractivity contribution in [3.63, 3.8) is 0 Å². The van der Waals surface area contributed by atoms with E-state index in [2.05, 4.69) is 5.32 Å². The van der Waals surface area contributed by atoms with Gasteiger partial charge in [0.15, 0.2) is 0 Å². The molecule has 0 aliphatic carbocycles. The number of nitrogens with zero attached hydrogens (tertiary/aromatic N) is 1. The van der Waals surface area contributed by atoms with Crippen LogP contribution in [-0.2, 0) is 15.8 Å². The van der Waals surface area contributed by atoms with Gasteiger partial charge in [0.1, 0.15) is 5.75 Å². The fourth-order valence-electron chi connectivity index (χ4n) is 4.67. The molecule has 1 heterocycles. The zero-order chi connectivity index (χ0) is 25.4. The molecule has 0 radical (unpaired) electrons. The molecule has 1 N–H and O–H groups in total. The molecule has 2 aromatic rings. The molecule has 2 atom stereocenters. The molecule has 1 aliphatic heterocycles. The van der Waals surface area contributed by atoms with E-state index in [1.54, 1.807) is 25.7 Å². The fraction of sp³-hybridized carbons (Fsp3) is 0.462. The van der Waals surface area contributed by atoms with Gasteiger partial charge in [0.25, 0.3) is 0 Å². The number of amides is 2. The van der Waals surface area contributed by atoms with Crippen molar-refractivity contribution in [3.8, 4) is 5.75 Å². The molecule has 184 valence electrons. The first-order chi connectivity index (χ1) is 15.8. The third-order valence-electron chi connectivity index (χ3n) is 6.56. The Balaban J connectivity index is 1.98. The third-order valence-corrected chi connectivity index (χ3v) is 6.56. The molecule has 0 unspecified atom stereocenters. The van der Waals surface area contributed by atoms with Crippen LogP contribution in [0.5, 0.6) is 5.75 Å². The highest BCUT2D eigenvalue weighted by Crippen LogP contribution is 2.44. The van der Waals surface area contributed by atoms with Gasteiger partial charge in [-0.15, -0.1) is 0 Å². The maximum atomic E-state index is 13.6. The van der Waals surface area contributed by atoms with Crippen LogP contribution in [0.15, 0.2) is 36.4 Å². The average molecular weight is 477 g/mol. The second-order valence-electron chi connectivity index (χ2n) is 9.26. The van der Waals surface area contributed by atoms with Crippen LogP contribution in [0, 0.1) is 25.2 Å². The Kier molecular flexibility index (Phi) is 7.01. The molecular formula is C26H31F3N2O3. The number of nitrogens with one attached hydrogen (secondary N) is 1. The van der Waals surface area contributed by atoms with Crippen LogP contribution >= 0.6 is 0 Å². The van der Waals surface area contributed by atoms with Crippen LogP contribution < -0.4 is 15.0 Å². The van der Waals surface area contributed by atoms with Crippen molar-refractivity contribution in [2.45, 2.75) is 60.2 Å². The van der Waals surface area contributed by atoms with Crippen molar-refractivity contribution < 1.29 is 27.5 Å². The molecule has 8 heteroatoms. The van der Waals surface area contributed by atoms with Gasteiger partial charge in [0.05, 0.1) is 23.0 Å². The quantitative estimate of drug-likeness (QED) is 0.546. The first-order valence-electron chi connectivity index (χ1n) is 11.4. The first-order valence-corrected chi connectivity index (χ1v) is 11.4. The summed E-state index contributed by atoms with van der Waals surface area (Å²) in [6.45, 7) is 10.9. The zero-order valence-corrected chi connectivity index (χ0v) is 20.3. The van der Waals surface area contributed by atoms with Gasteiger partial charge in [0.2, 0.25) is 11.8 Å². The Hall–Kier alpha value is -3.03. The van der Waals surface area contributed by atoms with Crippen LogP contribution in [0.1, 0.15) is 50.8 Å². The first kappa shape index (κ1) is 25.6. The van der Waals surface area contributed by atoms with Crippen LogP contribution in [0.3, 0.4) is 0 Å². The number of hydrogen-bond acceptors (Lipinski definition) is 3. The van der Waals surface area contributed by atoms with Gasteiger partial charge in [-0.05, 0) is 57.4 Å². The van der Waals surface area contributed by atoms with Crippen LogP contribution in [0.25, 0.3) is 0 Å². The number of ether oxygens (including phenoxy) is 1. The lowest BCUT2D eigenvalue weighted by Gasteiger charge is -2.30. The van der Waals surface area contributed by atoms with E-state index >= 15 is 0 Å². The zero-order valence-electron chi connectivity index (χ0n) is 20.3. The number of halogens is 3. The summed E-state index contributed by atoms with van der Waals surface area (Å²) in [5.41, 5.74) is 0.573. The second-order valence-corrected chi connectivity index (χ2v) is 9.26. The van der Waals surface area contributed by atoms with Gasteiger partial charge in [-0.3, -0.25) is 9.59 Å². The normalized spacial score (nSPS) is 20.7. The van der Waals surface area contributed by atoms with E-state index in [0.717, 1.165) is 28.9 Å². The van der Waals surface area contributed by atoms with Gasteiger partial charge in [0, 0.05) is 24.0 Å². The lowest BCUT2D eigenvalue weighted by Crippen LogP contribution is -2.42. The van der Waals surface area contributed by atoms with E-state index in [4.69, 9.17) is 4.74 Å². The van der Waals surface area contributed by atoms with Gasteiger partial charge in [-0.1, -0.05) is 32.0 Å². The molecule has 5 nitrogen and oxygen atoms in total. The highest BCUT2D eigenvalue weighted by molar-refractivity contribution is 6.07. The van der Waals surface area contributed by atoms with Crippen molar-refractivity contribution in [1.82, 2.24) is 0 Å². The van der Waals surface area contributed by atoms with Gasteiger partial charge in [-0.2, -0.15) is 13.2 Å². The lowest BCUT2D eigenvalue weighted by molar-refractivity contribution is -0.137. The van der Waals surface area contributed by atoms with E-state index in [9.17, 15) is 22.8 Å². The van der Waals surface area contributed by atoms with E-state index < -0.39 is 29.0 Å². The summed E-state index contributed by atoms with van der Waals surface area (Å²) in [7, 11) is 0. The molecule has 2 amide bonds. The number of anilines is 2. The molecule has 1 aliphatic rings. The molecule has 1 fully saturated rings. The van der Waals surface area contributed by atoms with E-state index in [1.165, 1.54) is 6.07 Å². The maximum Gasteiger partial charge on any atom is 0.416 e. The predicted molar refractivity (Wildman–Crippen MR) is 126 cm³/mol. The Morgan fingerprint density at radius 2 is 1.82 bits per heavy atom. The minimum Gasteiger partial charge on any atom is -0.491 e. The molecular weight excluding hydrogens is 445 g/mol. The molecule has 0 aromatic heterocycles. The number of carbonyl (C=O) groups excluding carboxylic acids is 2. The molecule has 3 rings (SSSR count). The lowest BCUT2D eigenvalue weighted by atomic mass is 9.75. The Morgan fingerprint density at radius 1 is 1.21 bits per heavy atom. The number of alkyl halides is 3. The summed E-state index contributed by atoms with van der Waals surface area (Å²) in [6.07, 6.45) is -4.59. The summed E-state index contributed by atoms with van der Waals surface area (Å²) >= 11 is 0. The summed E-state index contributed by atoms with van der Waals surface area (Å²) in [4.78, 5) is 28.5. The number of hydrogen-bond donors (Lipinski definition) is 1. The number of benzene rings is 2. The minimum atomic E-state index is -4.60. The largest absolute Gasteiger partial charge is 0.491 e. The Bertz CT molecular complexity index is 1080. The number of carbonyl (C=O) groups is 2. The Labute approximate surface area is 198 Å². The smallest absolute Gasteiger partial charge is 0.416 e. The topological polar surface area (TPSA) is 58.6 Å². The number of rotatable bonds is 6. The average Bonchev–Trinajstić information content (AvgIpc) is 2.98. The fourth-order valence-corrected chi connectivity index (χ4v) is 4.67. The highest BCUT2D eigenvalue weighted by atomic mass is 19.4. The van der Waals surface area contributed by atoms with Gasteiger partial charge < -0.3 is 15.0 Å².